The zero-order chi connectivity index (χ0) is 16.6. The van der Waals surface area contributed by atoms with Gasteiger partial charge in [-0.1, -0.05) is 24.6 Å². The monoisotopic (exact) mass is 324 g/mol. The number of anilines is 1. The minimum Gasteiger partial charge on any atom is -0.481 e. The molecule has 1 N–H and O–H groups in total. The van der Waals surface area contributed by atoms with E-state index in [4.69, 9.17) is 4.74 Å². The fourth-order valence-electron chi connectivity index (χ4n) is 3.67. The van der Waals surface area contributed by atoms with Gasteiger partial charge in [0, 0.05) is 29.9 Å². The van der Waals surface area contributed by atoms with E-state index in [1.54, 1.807) is 19.4 Å². The molecule has 0 saturated heterocycles. The lowest BCUT2D eigenvalue weighted by Crippen LogP contribution is -2.45. The number of methoxy groups -OCH3 is 1. The standard InChI is InChI=1S/C18H20N4O2/c1-24-16-7-10-19-15(21-16)11-20-17(23)22-12-18(8-4-9-18)13-5-2-3-6-14(13)22/h2-3,5-7,10H,4,8-9,11-12H2,1H3,(H,20,23). The zero-order valence-electron chi connectivity index (χ0n) is 13.7. The van der Waals surface area contributed by atoms with E-state index < -0.39 is 0 Å². The highest BCUT2D eigenvalue weighted by atomic mass is 16.5. The van der Waals surface area contributed by atoms with Gasteiger partial charge in [0.05, 0.1) is 13.7 Å². The number of nitrogens with one attached hydrogen (secondary N) is 1. The van der Waals surface area contributed by atoms with Gasteiger partial charge in [0.25, 0.3) is 0 Å². The predicted octanol–water partition coefficient (Wildman–Crippen LogP) is 2.64. The minimum atomic E-state index is -0.0994. The second-order valence-electron chi connectivity index (χ2n) is 6.41. The van der Waals surface area contributed by atoms with Crippen molar-refractivity contribution in [2.45, 2.75) is 31.2 Å². The molecule has 2 aromatic rings. The van der Waals surface area contributed by atoms with Crippen LogP contribution < -0.4 is 15.0 Å². The molecule has 1 aliphatic carbocycles. The average Bonchev–Trinajstić information content (AvgIpc) is 2.96. The van der Waals surface area contributed by atoms with E-state index in [-0.39, 0.29) is 18.0 Å². The maximum Gasteiger partial charge on any atom is 0.322 e. The van der Waals surface area contributed by atoms with Crippen LogP contribution >= 0.6 is 0 Å². The number of urea groups is 1. The van der Waals surface area contributed by atoms with Crippen LogP contribution in [0.1, 0.15) is 30.7 Å². The summed E-state index contributed by atoms with van der Waals surface area (Å²) in [4.78, 5) is 22.9. The lowest BCUT2D eigenvalue weighted by atomic mass is 9.66. The number of fused-ring (bicyclic) bond motifs is 2. The van der Waals surface area contributed by atoms with Crippen LogP contribution in [0.2, 0.25) is 0 Å². The summed E-state index contributed by atoms with van der Waals surface area (Å²) in [5, 5.41) is 2.93. The van der Waals surface area contributed by atoms with Crippen molar-refractivity contribution in [2.75, 3.05) is 18.6 Å². The van der Waals surface area contributed by atoms with Crippen molar-refractivity contribution < 1.29 is 9.53 Å². The summed E-state index contributed by atoms with van der Waals surface area (Å²) >= 11 is 0. The smallest absolute Gasteiger partial charge is 0.322 e. The van der Waals surface area contributed by atoms with Crippen LogP contribution in [0, 0.1) is 0 Å². The molecule has 2 heterocycles. The zero-order valence-corrected chi connectivity index (χ0v) is 13.7. The molecule has 124 valence electrons. The Balaban J connectivity index is 1.49. The Morgan fingerprint density at radius 2 is 2.17 bits per heavy atom. The number of carbonyl (C=O) groups is 1. The molecule has 24 heavy (non-hydrogen) atoms. The number of hydrogen-bond donors (Lipinski definition) is 1. The van der Waals surface area contributed by atoms with Gasteiger partial charge in [0.15, 0.2) is 5.82 Å². The number of ether oxygens (including phenoxy) is 1. The van der Waals surface area contributed by atoms with Crippen LogP contribution in [-0.4, -0.2) is 29.7 Å². The van der Waals surface area contributed by atoms with E-state index in [1.807, 2.05) is 17.0 Å². The summed E-state index contributed by atoms with van der Waals surface area (Å²) in [7, 11) is 1.56. The number of rotatable bonds is 3. The summed E-state index contributed by atoms with van der Waals surface area (Å²) in [6.07, 6.45) is 5.18. The van der Waals surface area contributed by atoms with E-state index in [0.29, 0.717) is 11.7 Å². The summed E-state index contributed by atoms with van der Waals surface area (Å²) in [6, 6.07) is 9.82. The normalized spacial score (nSPS) is 17.3. The van der Waals surface area contributed by atoms with E-state index >= 15 is 0 Å². The maximum atomic E-state index is 12.7. The van der Waals surface area contributed by atoms with Gasteiger partial charge in [-0.15, -0.1) is 0 Å². The molecule has 0 radical (unpaired) electrons. The molecule has 6 nitrogen and oxygen atoms in total. The predicted molar refractivity (Wildman–Crippen MR) is 90.1 cm³/mol. The van der Waals surface area contributed by atoms with Crippen molar-refractivity contribution in [1.82, 2.24) is 15.3 Å². The van der Waals surface area contributed by atoms with Crippen LogP contribution in [0.3, 0.4) is 0 Å². The lowest BCUT2D eigenvalue weighted by molar-refractivity contribution is 0.235. The second-order valence-corrected chi connectivity index (χ2v) is 6.41. The Morgan fingerprint density at radius 1 is 1.33 bits per heavy atom. The fourth-order valence-corrected chi connectivity index (χ4v) is 3.67. The molecule has 1 spiro atoms. The molecule has 4 rings (SSSR count). The Morgan fingerprint density at radius 3 is 2.92 bits per heavy atom. The van der Waals surface area contributed by atoms with E-state index in [1.165, 1.54) is 12.0 Å². The van der Waals surface area contributed by atoms with E-state index in [9.17, 15) is 4.79 Å². The number of carbonyl (C=O) groups excluding carboxylic acids is 1. The number of benzene rings is 1. The highest BCUT2D eigenvalue weighted by Crippen LogP contribution is 2.52. The van der Waals surface area contributed by atoms with Gasteiger partial charge in [0.1, 0.15) is 0 Å². The van der Waals surface area contributed by atoms with E-state index in [0.717, 1.165) is 25.1 Å². The number of para-hydroxylation sites is 1. The SMILES string of the molecule is COc1ccnc(CNC(=O)N2CC3(CCC3)c3ccccc32)n1. The van der Waals surface area contributed by atoms with Gasteiger partial charge in [-0.05, 0) is 24.5 Å². The number of hydrogen-bond acceptors (Lipinski definition) is 4. The van der Waals surface area contributed by atoms with Gasteiger partial charge in [0.2, 0.25) is 5.88 Å². The van der Waals surface area contributed by atoms with Gasteiger partial charge >= 0.3 is 6.03 Å². The third-order valence-corrected chi connectivity index (χ3v) is 5.07. The maximum absolute atomic E-state index is 12.7. The van der Waals surface area contributed by atoms with Crippen LogP contribution in [-0.2, 0) is 12.0 Å². The topological polar surface area (TPSA) is 67.3 Å². The Bertz CT molecular complexity index is 773. The highest BCUT2D eigenvalue weighted by Gasteiger charge is 2.48. The van der Waals surface area contributed by atoms with Crippen molar-refractivity contribution >= 4 is 11.7 Å². The van der Waals surface area contributed by atoms with Gasteiger partial charge in [-0.2, -0.15) is 4.98 Å². The third-order valence-electron chi connectivity index (χ3n) is 5.07. The molecule has 0 atom stereocenters. The summed E-state index contributed by atoms with van der Waals surface area (Å²) in [5.41, 5.74) is 2.51. The Labute approximate surface area is 140 Å². The summed E-state index contributed by atoms with van der Waals surface area (Å²) < 4.78 is 5.08. The molecule has 2 aliphatic rings. The fraction of sp³-hybridized carbons (Fsp3) is 0.389. The Kier molecular flexibility index (Phi) is 3.59. The largest absolute Gasteiger partial charge is 0.481 e. The van der Waals surface area contributed by atoms with Crippen LogP contribution in [0.4, 0.5) is 10.5 Å². The van der Waals surface area contributed by atoms with Gasteiger partial charge in [-0.3, -0.25) is 4.90 Å². The van der Waals surface area contributed by atoms with Crippen LogP contribution in [0.25, 0.3) is 0 Å². The van der Waals surface area contributed by atoms with Crippen molar-refractivity contribution in [2.24, 2.45) is 0 Å². The van der Waals surface area contributed by atoms with Crippen molar-refractivity contribution in [1.29, 1.82) is 0 Å². The minimum absolute atomic E-state index is 0.0994. The molecule has 0 unspecified atom stereocenters. The third kappa shape index (κ3) is 2.38. The molecule has 1 saturated carbocycles. The Hall–Kier alpha value is -2.63. The average molecular weight is 324 g/mol. The number of nitrogens with zero attached hydrogens (tertiary/aromatic N) is 3. The molecule has 1 aromatic heterocycles. The summed E-state index contributed by atoms with van der Waals surface area (Å²) in [5.74, 6) is 1.03. The second kappa shape index (κ2) is 5.78. The van der Waals surface area contributed by atoms with Gasteiger partial charge < -0.3 is 10.1 Å². The van der Waals surface area contributed by atoms with Crippen LogP contribution in [0.15, 0.2) is 36.5 Å². The van der Waals surface area contributed by atoms with Crippen molar-refractivity contribution in [3.63, 3.8) is 0 Å². The summed E-state index contributed by atoms with van der Waals surface area (Å²) in [6.45, 7) is 1.04. The van der Waals surface area contributed by atoms with E-state index in [2.05, 4.69) is 27.4 Å². The molecule has 2 amide bonds. The molecular weight excluding hydrogens is 304 g/mol. The lowest BCUT2D eigenvalue weighted by Gasteiger charge is -2.38. The van der Waals surface area contributed by atoms with Crippen molar-refractivity contribution in [3.8, 4) is 5.88 Å². The quantitative estimate of drug-likeness (QED) is 0.942. The molecule has 1 aromatic carbocycles. The van der Waals surface area contributed by atoms with Crippen molar-refractivity contribution in [3.05, 3.63) is 47.9 Å². The van der Waals surface area contributed by atoms with Crippen LogP contribution in [0.5, 0.6) is 5.88 Å². The molecule has 6 heteroatoms. The first-order valence-electron chi connectivity index (χ1n) is 8.23. The molecule has 0 bridgehead atoms. The highest BCUT2D eigenvalue weighted by molar-refractivity contribution is 5.95. The molecule has 1 fully saturated rings. The first-order valence-corrected chi connectivity index (χ1v) is 8.23. The molecular formula is C18H20N4O2. The number of amides is 2. The first-order chi connectivity index (χ1) is 11.7. The first kappa shape index (κ1) is 14.9. The number of aromatic nitrogens is 2. The van der Waals surface area contributed by atoms with Gasteiger partial charge in [-0.25, -0.2) is 9.78 Å². The molecule has 1 aliphatic heterocycles.